The van der Waals surface area contributed by atoms with Gasteiger partial charge in [-0.25, -0.2) is 4.98 Å². The Labute approximate surface area is 124 Å². The van der Waals surface area contributed by atoms with Gasteiger partial charge in [0.15, 0.2) is 0 Å². The molecule has 0 fully saturated rings. The molecule has 2 aromatic carbocycles. The zero-order valence-corrected chi connectivity index (χ0v) is 12.1. The summed E-state index contributed by atoms with van der Waals surface area (Å²) in [5.41, 5.74) is 7.55. The van der Waals surface area contributed by atoms with E-state index in [1.807, 2.05) is 48.5 Å². The molecule has 0 unspecified atom stereocenters. The quantitative estimate of drug-likeness (QED) is 0.685. The highest BCUT2D eigenvalue weighted by Crippen LogP contribution is 2.24. The third-order valence-corrected chi connectivity index (χ3v) is 3.45. The fourth-order valence-corrected chi connectivity index (χ4v) is 2.22. The van der Waals surface area contributed by atoms with Crippen molar-refractivity contribution in [3.63, 3.8) is 0 Å². The van der Waals surface area contributed by atoms with Crippen LogP contribution in [0.4, 0.5) is 17.5 Å². The minimum absolute atomic E-state index is 0.270. The van der Waals surface area contributed by atoms with Crippen molar-refractivity contribution in [3.8, 4) is 0 Å². The maximum atomic E-state index is 5.74. The number of fused-ring (bicyclic) bond motifs is 1. The van der Waals surface area contributed by atoms with Crippen molar-refractivity contribution in [3.05, 3.63) is 52.1 Å². The van der Waals surface area contributed by atoms with Gasteiger partial charge in [0.25, 0.3) is 0 Å². The first-order valence-electron chi connectivity index (χ1n) is 5.77. The van der Waals surface area contributed by atoms with Gasteiger partial charge >= 0.3 is 0 Å². The van der Waals surface area contributed by atoms with E-state index in [2.05, 4.69) is 37.9 Å². The number of aromatic nitrogens is 2. The minimum Gasteiger partial charge on any atom is -0.368 e. The molecule has 3 rings (SSSR count). The van der Waals surface area contributed by atoms with Gasteiger partial charge in [0, 0.05) is 14.6 Å². The molecule has 0 spiro atoms. The number of anilines is 3. The average Bonchev–Trinajstić information content (AvgIpc) is 2.41. The lowest BCUT2D eigenvalue weighted by Crippen LogP contribution is -2.01. The van der Waals surface area contributed by atoms with Crippen molar-refractivity contribution in [1.29, 1.82) is 0 Å². The molecule has 0 amide bonds. The molecular formula is C14H11IN4. The van der Waals surface area contributed by atoms with Crippen molar-refractivity contribution in [2.45, 2.75) is 0 Å². The predicted molar refractivity (Wildman–Crippen MR) is 86.4 cm³/mol. The van der Waals surface area contributed by atoms with Gasteiger partial charge in [-0.1, -0.05) is 12.1 Å². The van der Waals surface area contributed by atoms with Crippen LogP contribution in [0.1, 0.15) is 0 Å². The van der Waals surface area contributed by atoms with Crippen LogP contribution in [0.2, 0.25) is 0 Å². The van der Waals surface area contributed by atoms with Gasteiger partial charge < -0.3 is 11.1 Å². The molecule has 0 aliphatic rings. The maximum absolute atomic E-state index is 5.74. The minimum atomic E-state index is 0.270. The molecule has 5 heteroatoms. The van der Waals surface area contributed by atoms with Crippen LogP contribution >= 0.6 is 22.6 Å². The van der Waals surface area contributed by atoms with Gasteiger partial charge in [-0.2, -0.15) is 4.98 Å². The number of halogens is 1. The summed E-state index contributed by atoms with van der Waals surface area (Å²) in [4.78, 5) is 8.49. The fraction of sp³-hybridized carbons (Fsp3) is 0. The summed E-state index contributed by atoms with van der Waals surface area (Å²) in [6, 6.07) is 15.9. The molecule has 1 aromatic heterocycles. The predicted octanol–water partition coefficient (Wildman–Crippen LogP) is 3.56. The van der Waals surface area contributed by atoms with Crippen LogP contribution in [0.15, 0.2) is 48.5 Å². The number of rotatable bonds is 2. The Bertz CT molecular complexity index is 725. The van der Waals surface area contributed by atoms with Crippen molar-refractivity contribution in [1.82, 2.24) is 9.97 Å². The topological polar surface area (TPSA) is 63.8 Å². The van der Waals surface area contributed by atoms with Crippen molar-refractivity contribution in [2.24, 2.45) is 0 Å². The summed E-state index contributed by atoms with van der Waals surface area (Å²) in [5.74, 6) is 0.996. The van der Waals surface area contributed by atoms with Crippen LogP contribution in [-0.2, 0) is 0 Å². The Kier molecular flexibility index (Phi) is 3.20. The monoisotopic (exact) mass is 362 g/mol. The van der Waals surface area contributed by atoms with E-state index in [0.717, 1.165) is 22.4 Å². The molecule has 3 N–H and O–H groups in total. The molecule has 0 aliphatic heterocycles. The Morgan fingerprint density at radius 1 is 0.947 bits per heavy atom. The third-order valence-electron chi connectivity index (χ3n) is 2.73. The van der Waals surface area contributed by atoms with E-state index in [1.165, 1.54) is 3.57 Å². The SMILES string of the molecule is Nc1nc(Nc2ccc(I)cc2)c2ccccc2n1. The Hall–Kier alpha value is -1.89. The normalized spacial score (nSPS) is 10.6. The van der Waals surface area contributed by atoms with E-state index in [1.54, 1.807) is 0 Å². The largest absolute Gasteiger partial charge is 0.368 e. The molecule has 1 heterocycles. The lowest BCUT2D eigenvalue weighted by atomic mass is 10.2. The summed E-state index contributed by atoms with van der Waals surface area (Å²) in [6.07, 6.45) is 0. The number of nitrogens with two attached hydrogens (primary N) is 1. The summed E-state index contributed by atoms with van der Waals surface area (Å²) < 4.78 is 1.19. The van der Waals surface area contributed by atoms with E-state index in [9.17, 15) is 0 Å². The van der Waals surface area contributed by atoms with Gasteiger partial charge in [0.2, 0.25) is 5.95 Å². The van der Waals surface area contributed by atoms with Crippen molar-refractivity contribution in [2.75, 3.05) is 11.1 Å². The number of nitrogens with one attached hydrogen (secondary N) is 1. The number of benzene rings is 2. The molecule has 94 valence electrons. The van der Waals surface area contributed by atoms with Crippen LogP contribution in [0, 0.1) is 3.57 Å². The Morgan fingerprint density at radius 2 is 1.68 bits per heavy atom. The van der Waals surface area contributed by atoms with E-state index < -0.39 is 0 Å². The standard InChI is InChI=1S/C14H11IN4/c15-9-5-7-10(8-6-9)17-13-11-3-1-2-4-12(11)18-14(16)19-13/h1-8H,(H3,16,17,18,19). The molecular weight excluding hydrogens is 351 g/mol. The zero-order valence-electron chi connectivity index (χ0n) is 9.97. The first kappa shape index (κ1) is 12.2. The van der Waals surface area contributed by atoms with Gasteiger partial charge in [0.1, 0.15) is 5.82 Å². The second-order valence-corrected chi connectivity index (χ2v) is 5.33. The molecule has 3 aromatic rings. The molecule has 0 saturated heterocycles. The third kappa shape index (κ3) is 2.60. The molecule has 4 nitrogen and oxygen atoms in total. The van der Waals surface area contributed by atoms with E-state index in [0.29, 0.717) is 0 Å². The highest BCUT2D eigenvalue weighted by molar-refractivity contribution is 14.1. The van der Waals surface area contributed by atoms with Crippen LogP contribution in [0.3, 0.4) is 0 Å². The second kappa shape index (κ2) is 5.00. The zero-order chi connectivity index (χ0) is 13.2. The summed E-state index contributed by atoms with van der Waals surface area (Å²) in [6.45, 7) is 0. The van der Waals surface area contributed by atoms with Crippen LogP contribution in [0.25, 0.3) is 10.9 Å². The smallest absolute Gasteiger partial charge is 0.222 e. The lowest BCUT2D eigenvalue weighted by molar-refractivity contribution is 1.23. The maximum Gasteiger partial charge on any atom is 0.222 e. The summed E-state index contributed by atoms with van der Waals surface area (Å²) in [5, 5.41) is 4.23. The van der Waals surface area contributed by atoms with Crippen LogP contribution in [0.5, 0.6) is 0 Å². The first-order valence-corrected chi connectivity index (χ1v) is 6.85. The van der Waals surface area contributed by atoms with Gasteiger partial charge in [-0.15, -0.1) is 0 Å². The van der Waals surface area contributed by atoms with Gasteiger partial charge in [-0.3, -0.25) is 0 Å². The second-order valence-electron chi connectivity index (χ2n) is 4.08. The van der Waals surface area contributed by atoms with Crippen LogP contribution in [-0.4, -0.2) is 9.97 Å². The number of hydrogen-bond acceptors (Lipinski definition) is 4. The van der Waals surface area contributed by atoms with Gasteiger partial charge in [-0.05, 0) is 59.0 Å². The summed E-state index contributed by atoms with van der Waals surface area (Å²) >= 11 is 2.27. The van der Waals surface area contributed by atoms with Crippen LogP contribution < -0.4 is 11.1 Å². The molecule has 19 heavy (non-hydrogen) atoms. The Morgan fingerprint density at radius 3 is 2.47 bits per heavy atom. The number of hydrogen-bond donors (Lipinski definition) is 2. The molecule has 0 radical (unpaired) electrons. The van der Waals surface area contributed by atoms with E-state index in [-0.39, 0.29) is 5.95 Å². The molecule has 0 atom stereocenters. The highest BCUT2D eigenvalue weighted by Gasteiger charge is 2.05. The Balaban J connectivity index is 2.07. The van der Waals surface area contributed by atoms with Crippen molar-refractivity contribution < 1.29 is 0 Å². The van der Waals surface area contributed by atoms with Crippen molar-refractivity contribution >= 4 is 50.9 Å². The molecule has 0 bridgehead atoms. The van der Waals surface area contributed by atoms with E-state index >= 15 is 0 Å². The molecule has 0 aliphatic carbocycles. The average molecular weight is 362 g/mol. The fourth-order valence-electron chi connectivity index (χ4n) is 1.86. The highest BCUT2D eigenvalue weighted by atomic mass is 127. The number of nitrogen functional groups attached to an aromatic ring is 1. The van der Waals surface area contributed by atoms with E-state index in [4.69, 9.17) is 5.73 Å². The summed E-state index contributed by atoms with van der Waals surface area (Å²) in [7, 11) is 0. The first-order chi connectivity index (χ1) is 9.22. The lowest BCUT2D eigenvalue weighted by Gasteiger charge is -2.09. The molecule has 0 saturated carbocycles. The number of para-hydroxylation sites is 1. The van der Waals surface area contributed by atoms with Gasteiger partial charge in [0.05, 0.1) is 5.52 Å². The number of nitrogens with zero attached hydrogens (tertiary/aromatic N) is 2.